The zero-order valence-electron chi connectivity index (χ0n) is 9.04. The number of nitrogens with zero attached hydrogens (tertiary/aromatic N) is 2. The first-order chi connectivity index (χ1) is 5.52. The first-order valence-electron chi connectivity index (χ1n) is 4.98. The molecule has 2 atom stereocenters. The highest BCUT2D eigenvalue weighted by molar-refractivity contribution is 4.83. The van der Waals surface area contributed by atoms with Crippen LogP contribution in [0.15, 0.2) is 0 Å². The lowest BCUT2D eigenvalue weighted by molar-refractivity contribution is 0.0425. The summed E-state index contributed by atoms with van der Waals surface area (Å²) >= 11 is 0. The van der Waals surface area contributed by atoms with Crippen molar-refractivity contribution < 1.29 is 0 Å². The minimum absolute atomic E-state index is 0.698. The number of hydrogen-bond donors (Lipinski definition) is 0. The molecule has 0 aliphatic carbocycles. The van der Waals surface area contributed by atoms with Gasteiger partial charge in [0.05, 0.1) is 0 Å². The molecule has 1 rings (SSSR count). The fourth-order valence-corrected chi connectivity index (χ4v) is 1.87. The van der Waals surface area contributed by atoms with Gasteiger partial charge in [-0.15, -0.1) is 0 Å². The van der Waals surface area contributed by atoms with E-state index in [9.17, 15) is 0 Å². The normalized spacial score (nSPS) is 34.5. The molecule has 72 valence electrons. The van der Waals surface area contributed by atoms with E-state index in [0.29, 0.717) is 18.1 Å². The van der Waals surface area contributed by atoms with Crippen molar-refractivity contribution in [2.75, 3.05) is 20.1 Å². The Labute approximate surface area is 76.5 Å². The summed E-state index contributed by atoms with van der Waals surface area (Å²) in [6, 6.07) is 2.11. The van der Waals surface area contributed by atoms with Gasteiger partial charge in [0.25, 0.3) is 0 Å². The van der Waals surface area contributed by atoms with Crippen LogP contribution in [0, 0.1) is 0 Å². The molecular formula is C10H22N2. The summed E-state index contributed by atoms with van der Waals surface area (Å²) in [6.07, 6.45) is 0. The molecule has 0 radical (unpaired) electrons. The van der Waals surface area contributed by atoms with Crippen molar-refractivity contribution in [1.29, 1.82) is 0 Å². The Morgan fingerprint density at radius 1 is 1.08 bits per heavy atom. The predicted molar refractivity (Wildman–Crippen MR) is 53.4 cm³/mol. The molecule has 1 aliphatic heterocycles. The maximum atomic E-state index is 2.56. The zero-order chi connectivity index (χ0) is 9.30. The number of piperazine rings is 1. The lowest BCUT2D eigenvalue weighted by atomic mass is 10.1. The van der Waals surface area contributed by atoms with Crippen LogP contribution >= 0.6 is 0 Å². The Kier molecular flexibility index (Phi) is 3.13. The van der Waals surface area contributed by atoms with Gasteiger partial charge in [-0.25, -0.2) is 0 Å². The number of hydrogen-bond acceptors (Lipinski definition) is 2. The van der Waals surface area contributed by atoms with Gasteiger partial charge in [0.15, 0.2) is 0 Å². The van der Waals surface area contributed by atoms with E-state index in [4.69, 9.17) is 0 Å². The quantitative estimate of drug-likeness (QED) is 0.587. The van der Waals surface area contributed by atoms with Crippen LogP contribution in [0.1, 0.15) is 27.7 Å². The third-order valence-corrected chi connectivity index (χ3v) is 3.12. The van der Waals surface area contributed by atoms with Gasteiger partial charge < -0.3 is 0 Å². The largest absolute Gasteiger partial charge is 0.298 e. The first kappa shape index (κ1) is 10.0. The molecule has 1 fully saturated rings. The highest BCUT2D eigenvalue weighted by Gasteiger charge is 2.27. The maximum Gasteiger partial charge on any atom is 0.0195 e. The molecule has 0 spiro atoms. The second kappa shape index (κ2) is 3.75. The Hall–Kier alpha value is -0.0800. The molecule has 0 aromatic heterocycles. The van der Waals surface area contributed by atoms with Crippen molar-refractivity contribution in [3.63, 3.8) is 0 Å². The van der Waals surface area contributed by atoms with Crippen LogP contribution in [0.25, 0.3) is 0 Å². The van der Waals surface area contributed by atoms with Crippen LogP contribution < -0.4 is 0 Å². The summed E-state index contributed by atoms with van der Waals surface area (Å²) in [4.78, 5) is 5.04. The molecule has 12 heavy (non-hydrogen) atoms. The Bertz CT molecular complexity index is 133. The molecule has 0 N–H and O–H groups in total. The van der Waals surface area contributed by atoms with Crippen molar-refractivity contribution in [1.82, 2.24) is 9.80 Å². The van der Waals surface area contributed by atoms with E-state index in [1.165, 1.54) is 13.1 Å². The van der Waals surface area contributed by atoms with Gasteiger partial charge in [0.2, 0.25) is 0 Å². The topological polar surface area (TPSA) is 6.48 Å². The average molecular weight is 170 g/mol. The summed E-state index contributed by atoms with van der Waals surface area (Å²) in [7, 11) is 2.23. The Morgan fingerprint density at radius 3 is 1.83 bits per heavy atom. The van der Waals surface area contributed by atoms with E-state index < -0.39 is 0 Å². The highest BCUT2D eigenvalue weighted by atomic mass is 15.3. The molecule has 1 aliphatic rings. The fraction of sp³-hybridized carbons (Fsp3) is 1.00. The predicted octanol–water partition coefficient (Wildman–Crippen LogP) is 1.42. The summed E-state index contributed by atoms with van der Waals surface area (Å²) in [6.45, 7) is 11.6. The summed E-state index contributed by atoms with van der Waals surface area (Å²) in [5.74, 6) is 0. The second-order valence-electron chi connectivity index (χ2n) is 4.41. The third kappa shape index (κ3) is 1.99. The van der Waals surface area contributed by atoms with Crippen molar-refractivity contribution in [2.45, 2.75) is 45.8 Å². The van der Waals surface area contributed by atoms with E-state index >= 15 is 0 Å². The number of rotatable bonds is 1. The van der Waals surface area contributed by atoms with Crippen molar-refractivity contribution in [3.05, 3.63) is 0 Å². The molecule has 2 unspecified atom stereocenters. The molecule has 1 saturated heterocycles. The molecule has 0 aromatic rings. The maximum absolute atomic E-state index is 2.56. The van der Waals surface area contributed by atoms with Crippen LogP contribution in [0.4, 0.5) is 0 Å². The van der Waals surface area contributed by atoms with Gasteiger partial charge in [0.1, 0.15) is 0 Å². The Morgan fingerprint density at radius 2 is 1.50 bits per heavy atom. The van der Waals surface area contributed by atoms with Crippen LogP contribution in [0.5, 0.6) is 0 Å². The first-order valence-corrected chi connectivity index (χ1v) is 4.98. The SMILES string of the molecule is CC(C)N1CC(C)N(C)C(C)C1. The lowest BCUT2D eigenvalue weighted by Crippen LogP contribution is -2.56. The van der Waals surface area contributed by atoms with Gasteiger partial charge in [0, 0.05) is 31.2 Å². The molecule has 2 nitrogen and oxygen atoms in total. The van der Waals surface area contributed by atoms with Gasteiger partial charge in [-0.3, -0.25) is 9.80 Å². The van der Waals surface area contributed by atoms with Crippen LogP contribution in [-0.4, -0.2) is 48.1 Å². The molecule has 0 aromatic carbocycles. The van der Waals surface area contributed by atoms with E-state index in [0.717, 1.165) is 0 Å². The van der Waals surface area contributed by atoms with Crippen molar-refractivity contribution in [2.24, 2.45) is 0 Å². The summed E-state index contributed by atoms with van der Waals surface area (Å²) < 4.78 is 0. The zero-order valence-corrected chi connectivity index (χ0v) is 9.04. The fourth-order valence-electron chi connectivity index (χ4n) is 1.87. The van der Waals surface area contributed by atoms with Gasteiger partial charge >= 0.3 is 0 Å². The minimum Gasteiger partial charge on any atom is -0.298 e. The molecule has 0 bridgehead atoms. The molecular weight excluding hydrogens is 148 g/mol. The molecule has 0 amide bonds. The van der Waals surface area contributed by atoms with Gasteiger partial charge in [-0.05, 0) is 34.7 Å². The molecule has 1 heterocycles. The van der Waals surface area contributed by atoms with Crippen LogP contribution in [-0.2, 0) is 0 Å². The summed E-state index contributed by atoms with van der Waals surface area (Å²) in [5.41, 5.74) is 0. The standard InChI is InChI=1S/C10H22N2/c1-8(2)12-6-9(3)11(5)10(4)7-12/h8-10H,6-7H2,1-5H3. The van der Waals surface area contributed by atoms with Gasteiger partial charge in [-0.2, -0.15) is 0 Å². The van der Waals surface area contributed by atoms with Crippen LogP contribution in [0.3, 0.4) is 0 Å². The van der Waals surface area contributed by atoms with Crippen molar-refractivity contribution in [3.8, 4) is 0 Å². The van der Waals surface area contributed by atoms with E-state index in [-0.39, 0.29) is 0 Å². The highest BCUT2D eigenvalue weighted by Crippen LogP contribution is 2.14. The van der Waals surface area contributed by atoms with Gasteiger partial charge in [-0.1, -0.05) is 0 Å². The monoisotopic (exact) mass is 170 g/mol. The molecule has 2 heteroatoms. The Balaban J connectivity index is 2.53. The third-order valence-electron chi connectivity index (χ3n) is 3.12. The average Bonchev–Trinajstić information content (AvgIpc) is 1.99. The summed E-state index contributed by atoms with van der Waals surface area (Å²) in [5, 5.41) is 0. The van der Waals surface area contributed by atoms with Crippen molar-refractivity contribution >= 4 is 0 Å². The number of likely N-dealkylation sites (N-methyl/N-ethyl adjacent to an activating group) is 1. The lowest BCUT2D eigenvalue weighted by Gasteiger charge is -2.44. The second-order valence-corrected chi connectivity index (χ2v) is 4.41. The molecule has 0 saturated carbocycles. The minimum atomic E-state index is 0.698. The van der Waals surface area contributed by atoms with E-state index in [1.807, 2.05) is 0 Å². The van der Waals surface area contributed by atoms with Crippen LogP contribution in [0.2, 0.25) is 0 Å². The smallest absolute Gasteiger partial charge is 0.0195 e. The van der Waals surface area contributed by atoms with E-state index in [1.54, 1.807) is 0 Å². The van der Waals surface area contributed by atoms with E-state index in [2.05, 4.69) is 44.5 Å².